The lowest BCUT2D eigenvalue weighted by molar-refractivity contribution is -0.293. The summed E-state index contributed by atoms with van der Waals surface area (Å²) in [6.45, 7) is -0.694. The Hall–Kier alpha value is -3.70. The van der Waals surface area contributed by atoms with Gasteiger partial charge in [0.1, 0.15) is 29.8 Å². The highest BCUT2D eigenvalue weighted by Gasteiger charge is 2.47. The maximum Gasteiger partial charge on any atom is 0.333 e. The van der Waals surface area contributed by atoms with Gasteiger partial charge < -0.3 is 39.7 Å². The number of phenolic OH excluding ortho intramolecular Hbond substituents is 2. The molecule has 2 aromatic carbocycles. The summed E-state index contributed by atoms with van der Waals surface area (Å²) in [5.74, 6) is -1.64. The van der Waals surface area contributed by atoms with Crippen molar-refractivity contribution in [2.24, 2.45) is 0 Å². The van der Waals surface area contributed by atoms with Gasteiger partial charge >= 0.3 is 11.9 Å². The van der Waals surface area contributed by atoms with E-state index in [0.29, 0.717) is 11.1 Å². The van der Waals surface area contributed by atoms with E-state index in [0.717, 1.165) is 12.2 Å². The summed E-state index contributed by atoms with van der Waals surface area (Å²) in [6.07, 6.45) is -2.85. The zero-order chi connectivity index (χ0) is 24.7. The van der Waals surface area contributed by atoms with Crippen molar-refractivity contribution in [2.75, 3.05) is 6.61 Å². The van der Waals surface area contributed by atoms with Crippen molar-refractivity contribution >= 4 is 24.1 Å². The van der Waals surface area contributed by atoms with Crippen LogP contribution in [0.1, 0.15) is 11.1 Å². The Balaban J connectivity index is 1.59. The van der Waals surface area contributed by atoms with Crippen LogP contribution in [0.5, 0.6) is 11.5 Å². The van der Waals surface area contributed by atoms with Crippen LogP contribution in [0.15, 0.2) is 60.7 Å². The number of carbonyl (C=O) groups excluding carboxylic acids is 2. The lowest BCUT2D eigenvalue weighted by Crippen LogP contribution is -2.60. The smallest absolute Gasteiger partial charge is 0.333 e. The number of benzene rings is 2. The molecule has 0 unspecified atom stereocenters. The van der Waals surface area contributed by atoms with Crippen LogP contribution in [0, 0.1) is 0 Å². The summed E-state index contributed by atoms with van der Waals surface area (Å²) in [5, 5.41) is 48.9. The van der Waals surface area contributed by atoms with Crippen LogP contribution in [0.4, 0.5) is 0 Å². The van der Waals surface area contributed by atoms with Crippen molar-refractivity contribution in [3.8, 4) is 11.5 Å². The number of ether oxygens (including phenoxy) is 3. The first-order valence-electron chi connectivity index (χ1n) is 10.2. The summed E-state index contributed by atoms with van der Waals surface area (Å²) in [5.41, 5.74) is 1.20. The third-order valence-electron chi connectivity index (χ3n) is 4.92. The molecule has 3 rings (SSSR count). The minimum absolute atomic E-state index is 0.0630. The maximum atomic E-state index is 12.2. The standard InChI is InChI=1S/C24H24O10/c25-13-18-23(33-19(28)11-5-14-1-7-16(26)8-2-14)21(30)22(31)24(32-18)34-20(29)12-6-15-3-9-17(27)10-4-15/h1-12,18,21-27,30-31H,13H2/t18-,21-,22-,23-,24+/m0/s1. The first-order valence-corrected chi connectivity index (χ1v) is 10.2. The van der Waals surface area contributed by atoms with Crippen LogP contribution < -0.4 is 0 Å². The molecule has 1 aliphatic heterocycles. The molecule has 0 aromatic heterocycles. The summed E-state index contributed by atoms with van der Waals surface area (Å²) >= 11 is 0. The fraction of sp³-hybridized carbons (Fsp3) is 0.250. The van der Waals surface area contributed by atoms with Gasteiger partial charge in [0.25, 0.3) is 0 Å². The van der Waals surface area contributed by atoms with Crippen molar-refractivity contribution in [1.29, 1.82) is 0 Å². The van der Waals surface area contributed by atoms with Gasteiger partial charge in [-0.2, -0.15) is 0 Å². The Morgan fingerprint density at radius 2 is 1.26 bits per heavy atom. The molecule has 34 heavy (non-hydrogen) atoms. The van der Waals surface area contributed by atoms with Gasteiger partial charge in [0.2, 0.25) is 6.29 Å². The van der Waals surface area contributed by atoms with Crippen LogP contribution >= 0.6 is 0 Å². The number of carbonyl (C=O) groups is 2. The Morgan fingerprint density at radius 1 is 0.794 bits per heavy atom. The number of phenols is 2. The lowest BCUT2D eigenvalue weighted by Gasteiger charge is -2.40. The van der Waals surface area contributed by atoms with Crippen LogP contribution in [-0.2, 0) is 23.8 Å². The van der Waals surface area contributed by atoms with Crippen molar-refractivity contribution in [2.45, 2.75) is 30.7 Å². The Bertz CT molecular complexity index is 1030. The van der Waals surface area contributed by atoms with Crippen molar-refractivity contribution < 1.29 is 49.3 Å². The average molecular weight is 472 g/mol. The fourth-order valence-electron chi connectivity index (χ4n) is 3.12. The topological polar surface area (TPSA) is 163 Å². The third kappa shape index (κ3) is 6.65. The average Bonchev–Trinajstić information content (AvgIpc) is 2.83. The summed E-state index contributed by atoms with van der Waals surface area (Å²) in [4.78, 5) is 24.3. The monoisotopic (exact) mass is 472 g/mol. The molecule has 0 saturated carbocycles. The van der Waals surface area contributed by atoms with Crippen LogP contribution in [-0.4, -0.2) is 74.8 Å². The van der Waals surface area contributed by atoms with Gasteiger partial charge in [0.05, 0.1) is 6.61 Å². The number of esters is 2. The van der Waals surface area contributed by atoms with E-state index in [1.165, 1.54) is 36.4 Å². The quantitative estimate of drug-likeness (QED) is 0.287. The Morgan fingerprint density at radius 3 is 1.74 bits per heavy atom. The highest BCUT2D eigenvalue weighted by atomic mass is 16.7. The molecule has 1 saturated heterocycles. The van der Waals surface area contributed by atoms with Gasteiger partial charge in [-0.3, -0.25) is 0 Å². The van der Waals surface area contributed by atoms with E-state index in [1.54, 1.807) is 24.3 Å². The molecule has 0 amide bonds. The van der Waals surface area contributed by atoms with E-state index in [4.69, 9.17) is 14.2 Å². The fourth-order valence-corrected chi connectivity index (χ4v) is 3.12. The molecule has 10 heteroatoms. The van der Waals surface area contributed by atoms with Crippen molar-refractivity contribution in [3.63, 3.8) is 0 Å². The van der Waals surface area contributed by atoms with Gasteiger partial charge in [-0.15, -0.1) is 0 Å². The molecule has 5 atom stereocenters. The second-order valence-corrected chi connectivity index (χ2v) is 7.39. The molecule has 10 nitrogen and oxygen atoms in total. The van der Waals surface area contributed by atoms with E-state index in [2.05, 4.69) is 0 Å². The van der Waals surface area contributed by atoms with Gasteiger partial charge in [-0.1, -0.05) is 24.3 Å². The lowest BCUT2D eigenvalue weighted by atomic mass is 9.99. The Kier molecular flexibility index (Phi) is 8.39. The normalized spacial score (nSPS) is 24.9. The van der Waals surface area contributed by atoms with Gasteiger partial charge in [-0.25, -0.2) is 9.59 Å². The number of aliphatic hydroxyl groups excluding tert-OH is 3. The molecule has 1 aliphatic rings. The van der Waals surface area contributed by atoms with Crippen LogP contribution in [0.25, 0.3) is 12.2 Å². The molecule has 1 fully saturated rings. The third-order valence-corrected chi connectivity index (χ3v) is 4.92. The second kappa shape index (κ2) is 11.4. The molecule has 0 radical (unpaired) electrons. The number of hydrogen-bond acceptors (Lipinski definition) is 10. The SMILES string of the molecule is O=C(C=Cc1ccc(O)cc1)O[C@H]1O[C@@H](CO)[C@H](OC(=O)C=Cc2ccc(O)cc2)[C@@H](O)[C@@H]1O. The minimum Gasteiger partial charge on any atom is -0.508 e. The largest absolute Gasteiger partial charge is 0.508 e. The second-order valence-electron chi connectivity index (χ2n) is 7.39. The molecular formula is C24H24O10. The van der Waals surface area contributed by atoms with E-state index in [1.807, 2.05) is 0 Å². The highest BCUT2D eigenvalue weighted by Crippen LogP contribution is 2.25. The number of aromatic hydroxyl groups is 2. The number of hydrogen-bond donors (Lipinski definition) is 5. The molecular weight excluding hydrogens is 448 g/mol. The predicted octanol–water partition coefficient (Wildman–Crippen LogP) is 0.718. The van der Waals surface area contributed by atoms with Gasteiger partial charge in [0.15, 0.2) is 6.10 Å². The van der Waals surface area contributed by atoms with E-state index in [9.17, 15) is 35.1 Å². The maximum absolute atomic E-state index is 12.2. The number of rotatable bonds is 7. The molecule has 5 N–H and O–H groups in total. The Labute approximate surface area is 194 Å². The summed E-state index contributed by atoms with van der Waals surface area (Å²) < 4.78 is 15.5. The summed E-state index contributed by atoms with van der Waals surface area (Å²) in [7, 11) is 0. The van der Waals surface area contributed by atoms with Crippen molar-refractivity contribution in [1.82, 2.24) is 0 Å². The van der Waals surface area contributed by atoms with Gasteiger partial charge in [-0.05, 0) is 47.5 Å². The van der Waals surface area contributed by atoms with Crippen LogP contribution in [0.2, 0.25) is 0 Å². The molecule has 0 spiro atoms. The minimum atomic E-state index is -1.76. The highest BCUT2D eigenvalue weighted by molar-refractivity contribution is 5.87. The number of aliphatic hydroxyl groups is 3. The summed E-state index contributed by atoms with van der Waals surface area (Å²) in [6, 6.07) is 12.0. The molecule has 1 heterocycles. The molecule has 180 valence electrons. The first-order chi connectivity index (χ1) is 16.3. The molecule has 0 aliphatic carbocycles. The molecule has 0 bridgehead atoms. The van der Waals surface area contributed by atoms with Gasteiger partial charge in [0, 0.05) is 12.2 Å². The van der Waals surface area contributed by atoms with E-state index < -0.39 is 49.3 Å². The van der Waals surface area contributed by atoms with Crippen molar-refractivity contribution in [3.05, 3.63) is 71.8 Å². The van der Waals surface area contributed by atoms with E-state index >= 15 is 0 Å². The zero-order valence-electron chi connectivity index (χ0n) is 17.8. The molecule has 2 aromatic rings. The zero-order valence-corrected chi connectivity index (χ0v) is 17.8. The van der Waals surface area contributed by atoms with Crippen LogP contribution in [0.3, 0.4) is 0 Å². The predicted molar refractivity (Wildman–Crippen MR) is 118 cm³/mol. The van der Waals surface area contributed by atoms with E-state index in [-0.39, 0.29) is 11.5 Å². The first kappa shape index (κ1) is 24.9.